The van der Waals surface area contributed by atoms with Gasteiger partial charge in [0, 0.05) is 23.3 Å². The second kappa shape index (κ2) is 7.70. The second-order valence-corrected chi connectivity index (χ2v) is 3.05. The van der Waals surface area contributed by atoms with Gasteiger partial charge < -0.3 is 10.8 Å². The van der Waals surface area contributed by atoms with E-state index in [0.717, 1.165) is 0 Å². The van der Waals surface area contributed by atoms with E-state index in [1.54, 1.807) is 12.1 Å². The summed E-state index contributed by atoms with van der Waals surface area (Å²) in [5.74, 6) is -1.04. The van der Waals surface area contributed by atoms with E-state index < -0.39 is 12.0 Å². The molecule has 0 bridgehead atoms. The van der Waals surface area contributed by atoms with E-state index in [2.05, 4.69) is 4.98 Å². The van der Waals surface area contributed by atoms with Gasteiger partial charge in [0.2, 0.25) is 0 Å². The first-order valence-electron chi connectivity index (χ1n) is 3.68. The summed E-state index contributed by atoms with van der Waals surface area (Å²) in [6.07, 6.45) is 1.71. The minimum Gasteiger partial charge on any atom is -0.480 e. The molecule has 0 saturated carbocycles. The maximum atomic E-state index is 10.4. The molecule has 4 nitrogen and oxygen atoms in total. The monoisotopic (exact) mass is 272 g/mol. The summed E-state index contributed by atoms with van der Waals surface area (Å²) in [6, 6.07) is 2.30. The SMILES string of the molecule is Cl.Cl.NC(Cc1cc(Cl)ccn1)C(=O)O. The first kappa shape index (κ1) is 16.9. The van der Waals surface area contributed by atoms with Gasteiger partial charge in [-0.3, -0.25) is 9.78 Å². The first-order valence-corrected chi connectivity index (χ1v) is 4.06. The van der Waals surface area contributed by atoms with Gasteiger partial charge in [0.05, 0.1) is 0 Å². The number of aromatic nitrogens is 1. The number of carboxylic acid groups (broad SMARTS) is 1. The molecule has 0 saturated heterocycles. The minimum absolute atomic E-state index is 0. The third-order valence-corrected chi connectivity index (χ3v) is 1.76. The molecular weight excluding hydrogens is 262 g/mol. The van der Waals surface area contributed by atoms with E-state index in [1.807, 2.05) is 0 Å². The Morgan fingerprint density at radius 3 is 2.67 bits per heavy atom. The van der Waals surface area contributed by atoms with Crippen LogP contribution >= 0.6 is 36.4 Å². The van der Waals surface area contributed by atoms with E-state index in [1.165, 1.54) is 6.20 Å². The third-order valence-electron chi connectivity index (χ3n) is 1.52. The number of rotatable bonds is 3. The number of carbonyl (C=O) groups is 1. The lowest BCUT2D eigenvalue weighted by Gasteiger charge is -2.04. The fourth-order valence-electron chi connectivity index (χ4n) is 0.873. The molecule has 0 aliphatic carbocycles. The summed E-state index contributed by atoms with van der Waals surface area (Å²) in [6.45, 7) is 0. The van der Waals surface area contributed by atoms with Crippen molar-refractivity contribution in [2.75, 3.05) is 0 Å². The maximum Gasteiger partial charge on any atom is 0.320 e. The number of nitrogens with zero attached hydrogens (tertiary/aromatic N) is 1. The summed E-state index contributed by atoms with van der Waals surface area (Å²) in [7, 11) is 0. The van der Waals surface area contributed by atoms with Gasteiger partial charge in [-0.2, -0.15) is 0 Å². The van der Waals surface area contributed by atoms with Crippen molar-refractivity contribution >= 4 is 42.4 Å². The van der Waals surface area contributed by atoms with Crippen LogP contribution in [-0.2, 0) is 11.2 Å². The smallest absolute Gasteiger partial charge is 0.320 e. The van der Waals surface area contributed by atoms with Crippen molar-refractivity contribution in [1.82, 2.24) is 4.98 Å². The molecule has 0 aliphatic rings. The highest BCUT2D eigenvalue weighted by molar-refractivity contribution is 6.30. The Morgan fingerprint density at radius 1 is 1.60 bits per heavy atom. The molecule has 1 heterocycles. The van der Waals surface area contributed by atoms with Gasteiger partial charge in [-0.1, -0.05) is 11.6 Å². The van der Waals surface area contributed by atoms with Crippen LogP contribution in [0.1, 0.15) is 5.69 Å². The molecule has 1 rings (SSSR count). The lowest BCUT2D eigenvalue weighted by atomic mass is 10.1. The Hall–Kier alpha value is -0.550. The predicted octanol–water partition coefficient (Wildman–Crippen LogP) is 1.53. The van der Waals surface area contributed by atoms with Crippen molar-refractivity contribution in [3.05, 3.63) is 29.0 Å². The maximum absolute atomic E-state index is 10.4. The zero-order valence-corrected chi connectivity index (χ0v) is 9.98. The van der Waals surface area contributed by atoms with Gasteiger partial charge in [-0.15, -0.1) is 24.8 Å². The molecule has 7 heteroatoms. The van der Waals surface area contributed by atoms with Gasteiger partial charge in [0.15, 0.2) is 0 Å². The summed E-state index contributed by atoms with van der Waals surface area (Å²) in [4.78, 5) is 14.3. The largest absolute Gasteiger partial charge is 0.480 e. The molecule has 3 N–H and O–H groups in total. The Balaban J connectivity index is 0. The van der Waals surface area contributed by atoms with Crippen molar-refractivity contribution in [3.63, 3.8) is 0 Å². The number of halogens is 3. The number of hydrogen-bond acceptors (Lipinski definition) is 3. The van der Waals surface area contributed by atoms with E-state index in [9.17, 15) is 4.79 Å². The van der Waals surface area contributed by atoms with Gasteiger partial charge in [0.1, 0.15) is 6.04 Å². The topological polar surface area (TPSA) is 76.2 Å². The Bertz CT molecular complexity index is 323. The molecule has 86 valence electrons. The quantitative estimate of drug-likeness (QED) is 0.876. The second-order valence-electron chi connectivity index (χ2n) is 2.61. The Labute approximate surface area is 105 Å². The number of carboxylic acids is 1. The van der Waals surface area contributed by atoms with Crippen molar-refractivity contribution in [3.8, 4) is 0 Å². The fraction of sp³-hybridized carbons (Fsp3) is 0.250. The summed E-state index contributed by atoms with van der Waals surface area (Å²) >= 11 is 5.68. The molecule has 1 unspecified atom stereocenters. The number of hydrogen-bond donors (Lipinski definition) is 2. The lowest BCUT2D eigenvalue weighted by molar-refractivity contribution is -0.138. The summed E-state index contributed by atoms with van der Waals surface area (Å²) < 4.78 is 0. The zero-order valence-electron chi connectivity index (χ0n) is 7.59. The van der Waals surface area contributed by atoms with Crippen molar-refractivity contribution in [2.45, 2.75) is 12.5 Å². The van der Waals surface area contributed by atoms with Gasteiger partial charge in [0.25, 0.3) is 0 Å². The molecule has 1 aromatic heterocycles. The van der Waals surface area contributed by atoms with Crippen LogP contribution < -0.4 is 5.73 Å². The van der Waals surface area contributed by atoms with Gasteiger partial charge in [-0.05, 0) is 12.1 Å². The van der Waals surface area contributed by atoms with Crippen LogP contribution in [-0.4, -0.2) is 22.1 Å². The highest BCUT2D eigenvalue weighted by Crippen LogP contribution is 2.08. The van der Waals surface area contributed by atoms with Crippen molar-refractivity contribution in [1.29, 1.82) is 0 Å². The molecule has 15 heavy (non-hydrogen) atoms. The highest BCUT2D eigenvalue weighted by atomic mass is 35.5. The van der Waals surface area contributed by atoms with Crippen LogP contribution in [0.25, 0.3) is 0 Å². The average molecular weight is 274 g/mol. The molecule has 0 radical (unpaired) electrons. The van der Waals surface area contributed by atoms with Gasteiger partial charge >= 0.3 is 5.97 Å². The summed E-state index contributed by atoms with van der Waals surface area (Å²) in [5.41, 5.74) is 5.90. The number of aliphatic carboxylic acids is 1. The third kappa shape index (κ3) is 5.79. The van der Waals surface area contributed by atoms with Crippen LogP contribution in [0.15, 0.2) is 18.3 Å². The zero-order chi connectivity index (χ0) is 9.84. The molecule has 0 aliphatic heterocycles. The summed E-state index contributed by atoms with van der Waals surface area (Å²) in [5, 5.41) is 9.06. The van der Waals surface area contributed by atoms with Crippen LogP contribution in [0.5, 0.6) is 0 Å². The Morgan fingerprint density at radius 2 is 2.20 bits per heavy atom. The molecular formula is C8H11Cl3N2O2. The van der Waals surface area contributed by atoms with E-state index in [4.69, 9.17) is 22.4 Å². The molecule has 0 fully saturated rings. The molecule has 1 aromatic rings. The Kier molecular flexibility index (Phi) is 8.66. The number of nitrogens with two attached hydrogens (primary N) is 1. The molecule has 0 amide bonds. The minimum atomic E-state index is -1.04. The molecule has 0 spiro atoms. The highest BCUT2D eigenvalue weighted by Gasteiger charge is 2.12. The van der Waals surface area contributed by atoms with Crippen molar-refractivity contribution in [2.24, 2.45) is 5.73 Å². The molecule has 0 aromatic carbocycles. The van der Waals surface area contributed by atoms with Crippen molar-refractivity contribution < 1.29 is 9.90 Å². The van der Waals surface area contributed by atoms with E-state index in [-0.39, 0.29) is 31.2 Å². The van der Waals surface area contributed by atoms with Crippen LogP contribution in [0, 0.1) is 0 Å². The lowest BCUT2D eigenvalue weighted by Crippen LogP contribution is -2.32. The van der Waals surface area contributed by atoms with Crippen LogP contribution in [0.3, 0.4) is 0 Å². The standard InChI is InChI=1S/C8H9ClN2O2.2ClH/c9-5-1-2-11-6(3-5)4-7(10)8(12)13;;/h1-3,7H,4,10H2,(H,12,13);2*1H. The normalized spacial score (nSPS) is 10.8. The fourth-order valence-corrected chi connectivity index (χ4v) is 1.06. The predicted molar refractivity (Wildman–Crippen MR) is 63.1 cm³/mol. The van der Waals surface area contributed by atoms with Gasteiger partial charge in [-0.25, -0.2) is 0 Å². The van der Waals surface area contributed by atoms with Crippen LogP contribution in [0.2, 0.25) is 5.02 Å². The average Bonchev–Trinajstić information content (AvgIpc) is 2.04. The first-order chi connectivity index (χ1) is 6.09. The van der Waals surface area contributed by atoms with Crippen LogP contribution in [0.4, 0.5) is 0 Å². The molecule has 1 atom stereocenters. The van der Waals surface area contributed by atoms with E-state index in [0.29, 0.717) is 10.7 Å². The van der Waals surface area contributed by atoms with E-state index >= 15 is 0 Å². The number of pyridine rings is 1.